The van der Waals surface area contributed by atoms with Gasteiger partial charge in [0.1, 0.15) is 17.3 Å². The summed E-state index contributed by atoms with van der Waals surface area (Å²) < 4.78 is 28.7. The highest BCUT2D eigenvalue weighted by Crippen LogP contribution is 2.37. The maximum Gasteiger partial charge on any atom is 0.237 e. The van der Waals surface area contributed by atoms with E-state index in [0.717, 1.165) is 36.7 Å². The number of tetrazole rings is 1. The summed E-state index contributed by atoms with van der Waals surface area (Å²) in [7, 11) is 0. The molecule has 0 aliphatic heterocycles. The molecule has 1 N–H and O–H groups in total. The van der Waals surface area contributed by atoms with Gasteiger partial charge in [-0.2, -0.15) is 0 Å². The van der Waals surface area contributed by atoms with Gasteiger partial charge in [0, 0.05) is 0 Å². The predicted molar refractivity (Wildman–Crippen MR) is 76.4 cm³/mol. The Hall–Kier alpha value is -2.03. The number of halogens is 2. The molecule has 6 nitrogen and oxygen atoms in total. The van der Waals surface area contributed by atoms with E-state index in [-0.39, 0.29) is 6.04 Å². The number of carbonyl (C=O) groups excluding carboxylic acids is 1. The second-order valence-electron chi connectivity index (χ2n) is 4.98. The van der Waals surface area contributed by atoms with Crippen molar-refractivity contribution >= 4 is 23.4 Å². The van der Waals surface area contributed by atoms with Crippen LogP contribution in [0.1, 0.15) is 25.8 Å². The summed E-state index contributed by atoms with van der Waals surface area (Å²) in [5.74, 6) is -2.14. The predicted octanol–water partition coefficient (Wildman–Crippen LogP) is 2.41. The maximum atomic E-state index is 13.5. The fourth-order valence-electron chi connectivity index (χ4n) is 1.87. The molecule has 3 rings (SSSR count). The fraction of sp³-hybridized carbons (Fsp3) is 0.385. The number of hydrogen-bond acceptors (Lipinski definition) is 5. The number of hydrogen-bond donors (Lipinski definition) is 1. The normalized spacial score (nSPS) is 15.6. The fourth-order valence-corrected chi connectivity index (χ4v) is 2.72. The first kappa shape index (κ1) is 14.9. The minimum atomic E-state index is -0.812. The van der Waals surface area contributed by atoms with Crippen molar-refractivity contribution in [2.75, 3.05) is 5.32 Å². The van der Waals surface area contributed by atoms with Crippen molar-refractivity contribution in [3.05, 3.63) is 29.8 Å². The molecule has 0 radical (unpaired) electrons. The number of benzene rings is 1. The highest BCUT2D eigenvalue weighted by atomic mass is 32.2. The minimum absolute atomic E-state index is 0.289. The lowest BCUT2D eigenvalue weighted by atomic mass is 10.3. The molecule has 1 aliphatic carbocycles. The van der Waals surface area contributed by atoms with E-state index in [4.69, 9.17) is 0 Å². The van der Waals surface area contributed by atoms with Gasteiger partial charge >= 0.3 is 0 Å². The number of thioether (sulfide) groups is 1. The SMILES string of the molecule is CC(Sc1nnnn1C1CC1)C(=O)Nc1c(F)cccc1F. The van der Waals surface area contributed by atoms with Crippen LogP contribution in [0, 0.1) is 11.6 Å². The van der Waals surface area contributed by atoms with Crippen LogP contribution in [-0.2, 0) is 4.79 Å². The minimum Gasteiger partial charge on any atom is -0.320 e. The topological polar surface area (TPSA) is 72.7 Å². The summed E-state index contributed by atoms with van der Waals surface area (Å²) in [6.45, 7) is 1.63. The van der Waals surface area contributed by atoms with Crippen molar-refractivity contribution in [2.24, 2.45) is 0 Å². The van der Waals surface area contributed by atoms with E-state index in [9.17, 15) is 13.6 Å². The van der Waals surface area contributed by atoms with Crippen molar-refractivity contribution in [2.45, 2.75) is 36.2 Å². The van der Waals surface area contributed by atoms with E-state index in [1.165, 1.54) is 6.07 Å². The number of nitrogens with zero attached hydrogens (tertiary/aromatic N) is 4. The first-order valence-corrected chi connectivity index (χ1v) is 7.63. The maximum absolute atomic E-state index is 13.5. The van der Waals surface area contributed by atoms with Gasteiger partial charge in [0.2, 0.25) is 11.1 Å². The van der Waals surface area contributed by atoms with Crippen LogP contribution in [0.5, 0.6) is 0 Å². The Kier molecular flexibility index (Phi) is 4.06. The van der Waals surface area contributed by atoms with Crippen molar-refractivity contribution in [3.63, 3.8) is 0 Å². The molecule has 1 fully saturated rings. The summed E-state index contributed by atoms with van der Waals surface area (Å²) in [6, 6.07) is 3.70. The van der Waals surface area contributed by atoms with Gasteiger partial charge in [-0.3, -0.25) is 4.79 Å². The number of aromatic nitrogens is 4. The van der Waals surface area contributed by atoms with Gasteiger partial charge in [0.15, 0.2) is 0 Å². The molecule has 1 atom stereocenters. The van der Waals surface area contributed by atoms with Crippen LogP contribution in [0.2, 0.25) is 0 Å². The van der Waals surface area contributed by atoms with Gasteiger partial charge in [-0.25, -0.2) is 13.5 Å². The first-order chi connectivity index (χ1) is 10.6. The summed E-state index contributed by atoms with van der Waals surface area (Å²) >= 11 is 1.15. The molecular formula is C13H13F2N5OS. The average Bonchev–Trinajstić information content (AvgIpc) is 3.23. The molecule has 2 aromatic rings. The zero-order chi connectivity index (χ0) is 15.7. The Morgan fingerprint density at radius 2 is 2.09 bits per heavy atom. The van der Waals surface area contributed by atoms with E-state index in [1.807, 2.05) is 0 Å². The number of para-hydroxylation sites is 1. The number of anilines is 1. The quantitative estimate of drug-likeness (QED) is 0.855. The molecule has 22 heavy (non-hydrogen) atoms. The van der Waals surface area contributed by atoms with Crippen LogP contribution in [0.3, 0.4) is 0 Å². The number of nitrogens with one attached hydrogen (secondary N) is 1. The van der Waals surface area contributed by atoms with E-state index in [2.05, 4.69) is 20.8 Å². The lowest BCUT2D eigenvalue weighted by Gasteiger charge is -2.12. The highest BCUT2D eigenvalue weighted by molar-refractivity contribution is 8.00. The monoisotopic (exact) mass is 325 g/mol. The van der Waals surface area contributed by atoms with Crippen LogP contribution in [-0.4, -0.2) is 31.4 Å². The molecule has 9 heteroatoms. The van der Waals surface area contributed by atoms with Crippen molar-refractivity contribution in [3.8, 4) is 0 Å². The van der Waals surface area contributed by atoms with E-state index < -0.39 is 28.5 Å². The van der Waals surface area contributed by atoms with Crippen LogP contribution in [0.25, 0.3) is 0 Å². The number of carbonyl (C=O) groups is 1. The van der Waals surface area contributed by atoms with E-state index >= 15 is 0 Å². The Morgan fingerprint density at radius 3 is 2.73 bits per heavy atom. The molecule has 1 aromatic heterocycles. The summed E-state index contributed by atoms with van der Waals surface area (Å²) in [5.41, 5.74) is -0.443. The zero-order valence-corrected chi connectivity index (χ0v) is 12.5. The van der Waals surface area contributed by atoms with Crippen molar-refractivity contribution in [1.82, 2.24) is 20.2 Å². The molecule has 1 aromatic carbocycles. The summed E-state index contributed by atoms with van der Waals surface area (Å²) in [6.07, 6.45) is 2.03. The smallest absolute Gasteiger partial charge is 0.237 e. The number of amides is 1. The molecule has 0 spiro atoms. The van der Waals surface area contributed by atoms with Gasteiger partial charge in [-0.1, -0.05) is 17.8 Å². The van der Waals surface area contributed by atoms with Gasteiger partial charge in [-0.15, -0.1) is 5.10 Å². The largest absolute Gasteiger partial charge is 0.320 e. The summed E-state index contributed by atoms with van der Waals surface area (Å²) in [4.78, 5) is 12.1. The van der Waals surface area contributed by atoms with E-state index in [0.29, 0.717) is 5.16 Å². The van der Waals surface area contributed by atoms with Crippen LogP contribution in [0.4, 0.5) is 14.5 Å². The van der Waals surface area contributed by atoms with Crippen molar-refractivity contribution in [1.29, 1.82) is 0 Å². The summed E-state index contributed by atoms with van der Waals surface area (Å²) in [5, 5.41) is 13.6. The standard InChI is InChI=1S/C13H13F2N5OS/c1-7(22-13-17-18-19-20(13)8-5-6-8)12(21)16-11-9(14)3-2-4-10(11)15/h2-4,7-8H,5-6H2,1H3,(H,16,21). The average molecular weight is 325 g/mol. The highest BCUT2D eigenvalue weighted by Gasteiger charge is 2.29. The Bertz CT molecular complexity index is 683. The molecule has 1 unspecified atom stereocenters. The van der Waals surface area contributed by atoms with Crippen molar-refractivity contribution < 1.29 is 13.6 Å². The molecule has 0 bridgehead atoms. The van der Waals surface area contributed by atoms with Gasteiger partial charge < -0.3 is 5.32 Å². The Labute approximate surface area is 129 Å². The lowest BCUT2D eigenvalue weighted by molar-refractivity contribution is -0.115. The number of rotatable bonds is 5. The second kappa shape index (κ2) is 5.99. The van der Waals surface area contributed by atoms with Crippen LogP contribution < -0.4 is 5.32 Å². The van der Waals surface area contributed by atoms with Gasteiger partial charge in [0.05, 0.1) is 11.3 Å². The Morgan fingerprint density at radius 1 is 1.41 bits per heavy atom. The van der Waals surface area contributed by atoms with Gasteiger partial charge in [-0.05, 0) is 42.3 Å². The second-order valence-corrected chi connectivity index (χ2v) is 6.29. The molecule has 1 saturated carbocycles. The molecule has 1 aliphatic rings. The third-order valence-electron chi connectivity index (χ3n) is 3.22. The van der Waals surface area contributed by atoms with Crippen LogP contribution in [0.15, 0.2) is 23.4 Å². The van der Waals surface area contributed by atoms with Crippen LogP contribution >= 0.6 is 11.8 Å². The molecular weight excluding hydrogens is 312 g/mol. The lowest BCUT2D eigenvalue weighted by Crippen LogP contribution is -2.24. The molecule has 0 saturated heterocycles. The third kappa shape index (κ3) is 3.08. The van der Waals surface area contributed by atoms with E-state index in [1.54, 1.807) is 11.6 Å². The van der Waals surface area contributed by atoms with Gasteiger partial charge in [0.25, 0.3) is 0 Å². The zero-order valence-electron chi connectivity index (χ0n) is 11.7. The molecule has 1 amide bonds. The Balaban J connectivity index is 1.68. The third-order valence-corrected chi connectivity index (χ3v) is 4.26. The molecule has 116 valence electrons. The molecule has 1 heterocycles. The first-order valence-electron chi connectivity index (χ1n) is 6.75.